The van der Waals surface area contributed by atoms with Crippen molar-refractivity contribution < 1.29 is 13.2 Å². The molecule has 0 saturated carbocycles. The van der Waals surface area contributed by atoms with E-state index in [0.29, 0.717) is 16.9 Å². The van der Waals surface area contributed by atoms with Crippen LogP contribution in [0.2, 0.25) is 0 Å². The maximum absolute atomic E-state index is 12.3. The normalized spacial score (nSPS) is 11.6. The Balaban J connectivity index is 2.40. The number of aromatic nitrogens is 1. The van der Waals surface area contributed by atoms with Crippen molar-refractivity contribution in [1.29, 1.82) is 0 Å². The van der Waals surface area contributed by atoms with Gasteiger partial charge in [0, 0.05) is 19.0 Å². The third-order valence-electron chi connectivity index (χ3n) is 3.06. The number of hydrogen-bond donors (Lipinski definition) is 1. The van der Waals surface area contributed by atoms with E-state index in [1.54, 1.807) is 19.2 Å². The molecule has 0 aliphatic carbocycles. The predicted octanol–water partition coefficient (Wildman–Crippen LogP) is 3.26. The van der Waals surface area contributed by atoms with E-state index in [1.165, 1.54) is 4.90 Å². The molecule has 7 heteroatoms. The van der Waals surface area contributed by atoms with Gasteiger partial charge < -0.3 is 10.6 Å². The molecule has 21 heavy (non-hydrogen) atoms. The molecule has 0 bridgehead atoms. The molecule has 1 heterocycles. The van der Waals surface area contributed by atoms with E-state index < -0.39 is 12.6 Å². The summed E-state index contributed by atoms with van der Waals surface area (Å²) in [6.45, 7) is -0.204. The van der Waals surface area contributed by atoms with Crippen molar-refractivity contribution in [3.8, 4) is 0 Å². The number of nitrogens with two attached hydrogens (primary N) is 1. The molecule has 0 radical (unpaired) electrons. The molecule has 1 aromatic carbocycles. The fourth-order valence-corrected chi connectivity index (χ4v) is 2.13. The maximum Gasteiger partial charge on any atom is 0.390 e. The average Bonchev–Trinajstić information content (AvgIpc) is 2.42. The van der Waals surface area contributed by atoms with Gasteiger partial charge in [-0.1, -0.05) is 30.4 Å². The lowest BCUT2D eigenvalue weighted by molar-refractivity contribution is -0.132. The number of pyridine rings is 1. The van der Waals surface area contributed by atoms with E-state index in [-0.39, 0.29) is 11.5 Å². The lowest BCUT2D eigenvalue weighted by Crippen LogP contribution is -2.27. The molecule has 0 spiro atoms. The van der Waals surface area contributed by atoms with Crippen molar-refractivity contribution in [2.24, 2.45) is 5.73 Å². The SMILES string of the molecule is CN(CCC(F)(F)F)c1nc2ccccc2cc1C(N)=S. The summed E-state index contributed by atoms with van der Waals surface area (Å²) in [4.78, 5) is 5.93. The highest BCUT2D eigenvalue weighted by Crippen LogP contribution is 2.25. The number of benzene rings is 1. The van der Waals surface area contributed by atoms with Gasteiger partial charge in [0.1, 0.15) is 10.8 Å². The largest absolute Gasteiger partial charge is 0.390 e. The molecule has 0 fully saturated rings. The average molecular weight is 313 g/mol. The summed E-state index contributed by atoms with van der Waals surface area (Å²) in [7, 11) is 1.55. The monoisotopic (exact) mass is 313 g/mol. The van der Waals surface area contributed by atoms with Crippen LogP contribution in [-0.2, 0) is 0 Å². The van der Waals surface area contributed by atoms with Gasteiger partial charge in [-0.2, -0.15) is 13.2 Å². The van der Waals surface area contributed by atoms with E-state index >= 15 is 0 Å². The van der Waals surface area contributed by atoms with Gasteiger partial charge in [0.2, 0.25) is 0 Å². The van der Waals surface area contributed by atoms with Crippen LogP contribution in [0, 0.1) is 0 Å². The highest BCUT2D eigenvalue weighted by molar-refractivity contribution is 7.80. The zero-order valence-corrected chi connectivity index (χ0v) is 12.1. The minimum atomic E-state index is -4.21. The third kappa shape index (κ3) is 3.81. The summed E-state index contributed by atoms with van der Waals surface area (Å²) in [5.74, 6) is 0.366. The van der Waals surface area contributed by atoms with Gasteiger partial charge in [-0.25, -0.2) is 4.98 Å². The van der Waals surface area contributed by atoms with E-state index in [0.717, 1.165) is 5.39 Å². The number of halogens is 3. The minimum Gasteiger partial charge on any atom is -0.389 e. The smallest absolute Gasteiger partial charge is 0.389 e. The highest BCUT2D eigenvalue weighted by atomic mass is 32.1. The van der Waals surface area contributed by atoms with Gasteiger partial charge in [-0.3, -0.25) is 0 Å². The summed E-state index contributed by atoms with van der Waals surface area (Å²) >= 11 is 4.98. The summed E-state index contributed by atoms with van der Waals surface area (Å²) in [6.07, 6.45) is -5.14. The number of alkyl halides is 3. The Morgan fingerprint density at radius 2 is 2.00 bits per heavy atom. The van der Waals surface area contributed by atoms with E-state index in [9.17, 15) is 13.2 Å². The Hall–Kier alpha value is -1.89. The third-order valence-corrected chi connectivity index (χ3v) is 3.28. The van der Waals surface area contributed by atoms with Gasteiger partial charge in [-0.05, 0) is 12.1 Å². The molecule has 2 N–H and O–H groups in total. The second kappa shape index (κ2) is 5.85. The van der Waals surface area contributed by atoms with Crippen LogP contribution in [0.5, 0.6) is 0 Å². The number of hydrogen-bond acceptors (Lipinski definition) is 3. The molecule has 0 atom stereocenters. The molecule has 0 aliphatic rings. The number of fused-ring (bicyclic) bond motifs is 1. The van der Waals surface area contributed by atoms with Crippen LogP contribution in [0.25, 0.3) is 10.9 Å². The summed E-state index contributed by atoms with van der Waals surface area (Å²) in [6, 6.07) is 9.06. The van der Waals surface area contributed by atoms with Gasteiger partial charge in [0.15, 0.2) is 0 Å². The highest BCUT2D eigenvalue weighted by Gasteiger charge is 2.28. The molecule has 112 valence electrons. The number of anilines is 1. The Morgan fingerprint density at radius 3 is 2.62 bits per heavy atom. The van der Waals surface area contributed by atoms with Crippen LogP contribution >= 0.6 is 12.2 Å². The van der Waals surface area contributed by atoms with E-state index in [4.69, 9.17) is 18.0 Å². The number of thiocarbonyl (C=S) groups is 1. The van der Waals surface area contributed by atoms with Gasteiger partial charge >= 0.3 is 6.18 Å². The molecule has 0 amide bonds. The molecular formula is C14H14F3N3S. The molecule has 1 aromatic heterocycles. The molecule has 2 aromatic rings. The molecular weight excluding hydrogens is 299 g/mol. The Labute approximate surface area is 125 Å². The number of para-hydroxylation sites is 1. The fraction of sp³-hybridized carbons (Fsp3) is 0.286. The van der Waals surface area contributed by atoms with Crippen LogP contribution in [0.3, 0.4) is 0 Å². The van der Waals surface area contributed by atoms with Crippen molar-refractivity contribution in [3.05, 3.63) is 35.9 Å². The molecule has 0 aliphatic heterocycles. The fourth-order valence-electron chi connectivity index (χ4n) is 1.98. The van der Waals surface area contributed by atoms with Crippen LogP contribution in [0.15, 0.2) is 30.3 Å². The van der Waals surface area contributed by atoms with Crippen molar-refractivity contribution >= 4 is 33.9 Å². The first-order chi connectivity index (χ1) is 9.78. The van der Waals surface area contributed by atoms with Crippen LogP contribution in [0.4, 0.5) is 19.0 Å². The maximum atomic E-state index is 12.3. The Bertz CT molecular complexity index is 670. The van der Waals surface area contributed by atoms with Crippen LogP contribution in [0.1, 0.15) is 12.0 Å². The van der Waals surface area contributed by atoms with E-state index in [2.05, 4.69) is 4.98 Å². The summed E-state index contributed by atoms with van der Waals surface area (Å²) in [5, 5.41) is 0.841. The summed E-state index contributed by atoms with van der Waals surface area (Å²) < 4.78 is 37.0. The van der Waals surface area contributed by atoms with Crippen molar-refractivity contribution in [3.63, 3.8) is 0 Å². The lowest BCUT2D eigenvalue weighted by atomic mass is 10.1. The Kier molecular flexibility index (Phi) is 4.32. The lowest BCUT2D eigenvalue weighted by Gasteiger charge is -2.22. The molecule has 0 unspecified atom stereocenters. The topological polar surface area (TPSA) is 42.2 Å². The zero-order chi connectivity index (χ0) is 15.6. The van der Waals surface area contributed by atoms with E-state index in [1.807, 2.05) is 18.2 Å². The second-order valence-corrected chi connectivity index (χ2v) is 5.14. The first-order valence-corrected chi connectivity index (χ1v) is 6.66. The predicted molar refractivity (Wildman–Crippen MR) is 81.6 cm³/mol. The zero-order valence-electron chi connectivity index (χ0n) is 11.3. The van der Waals surface area contributed by atoms with Crippen molar-refractivity contribution in [2.75, 3.05) is 18.5 Å². The first-order valence-electron chi connectivity index (χ1n) is 6.25. The molecule has 0 saturated heterocycles. The second-order valence-electron chi connectivity index (χ2n) is 4.70. The Morgan fingerprint density at radius 1 is 1.33 bits per heavy atom. The number of nitrogens with zero attached hydrogens (tertiary/aromatic N) is 2. The quantitative estimate of drug-likeness (QED) is 0.880. The standard InChI is InChI=1S/C14H14F3N3S/c1-20(7-6-14(15,16)17)13-10(12(18)21)8-9-4-2-3-5-11(9)19-13/h2-5,8H,6-7H2,1H3,(H2,18,21). The van der Waals surface area contributed by atoms with Gasteiger partial charge in [0.25, 0.3) is 0 Å². The molecule has 2 rings (SSSR count). The molecule has 3 nitrogen and oxygen atoms in total. The van der Waals surface area contributed by atoms with Crippen molar-refractivity contribution in [1.82, 2.24) is 4.98 Å². The summed E-state index contributed by atoms with van der Waals surface area (Å²) in [5.41, 5.74) is 6.83. The van der Waals surface area contributed by atoms with Crippen molar-refractivity contribution in [2.45, 2.75) is 12.6 Å². The van der Waals surface area contributed by atoms with Gasteiger partial charge in [-0.15, -0.1) is 0 Å². The van der Waals surface area contributed by atoms with Crippen LogP contribution in [-0.4, -0.2) is 29.7 Å². The van der Waals surface area contributed by atoms with Crippen LogP contribution < -0.4 is 10.6 Å². The number of rotatable bonds is 4. The minimum absolute atomic E-state index is 0.113. The first kappa shape index (κ1) is 15.5. The van der Waals surface area contributed by atoms with Gasteiger partial charge in [0.05, 0.1) is 17.5 Å².